The van der Waals surface area contributed by atoms with Crippen LogP contribution in [0.1, 0.15) is 51.9 Å². The van der Waals surface area contributed by atoms with Crippen LogP contribution in [0.3, 0.4) is 0 Å². The molecular formula is C12H19FO2. The first-order valence-electron chi connectivity index (χ1n) is 5.76. The van der Waals surface area contributed by atoms with Crippen molar-refractivity contribution in [1.82, 2.24) is 0 Å². The molecule has 1 aliphatic carbocycles. The van der Waals surface area contributed by atoms with E-state index in [1.165, 1.54) is 6.42 Å². The lowest BCUT2D eigenvalue weighted by Gasteiger charge is -2.11. The molecule has 15 heavy (non-hydrogen) atoms. The van der Waals surface area contributed by atoms with Gasteiger partial charge in [0.25, 0.3) is 0 Å². The smallest absolute Gasteiger partial charge is 0.364 e. The summed E-state index contributed by atoms with van der Waals surface area (Å²) < 4.78 is 13.2. The molecule has 1 fully saturated rings. The summed E-state index contributed by atoms with van der Waals surface area (Å²) >= 11 is 0. The fourth-order valence-corrected chi connectivity index (χ4v) is 2.32. The summed E-state index contributed by atoms with van der Waals surface area (Å²) in [7, 11) is 0. The molecule has 2 nitrogen and oxygen atoms in total. The molecule has 0 radical (unpaired) electrons. The molecule has 1 N–H and O–H groups in total. The summed E-state index contributed by atoms with van der Waals surface area (Å²) in [5.74, 6) is -1.65. The van der Waals surface area contributed by atoms with Gasteiger partial charge in [-0.25, -0.2) is 4.79 Å². The van der Waals surface area contributed by atoms with Gasteiger partial charge in [0.2, 0.25) is 5.83 Å². The zero-order valence-electron chi connectivity index (χ0n) is 9.26. The summed E-state index contributed by atoms with van der Waals surface area (Å²) in [4.78, 5) is 10.5. The Hall–Kier alpha value is -0.860. The van der Waals surface area contributed by atoms with E-state index in [4.69, 9.17) is 5.11 Å². The Morgan fingerprint density at radius 3 is 2.80 bits per heavy atom. The van der Waals surface area contributed by atoms with Crippen molar-refractivity contribution >= 4 is 5.97 Å². The molecule has 1 unspecified atom stereocenters. The van der Waals surface area contributed by atoms with E-state index < -0.39 is 11.8 Å². The third kappa shape index (κ3) is 3.65. The molecule has 0 aromatic carbocycles. The average Bonchev–Trinajstić information content (AvgIpc) is 2.43. The largest absolute Gasteiger partial charge is 0.476 e. The van der Waals surface area contributed by atoms with Crippen LogP contribution in [0.5, 0.6) is 0 Å². The molecule has 86 valence electrons. The third-order valence-corrected chi connectivity index (χ3v) is 3.14. The summed E-state index contributed by atoms with van der Waals surface area (Å²) in [5.41, 5.74) is 0.515. The summed E-state index contributed by atoms with van der Waals surface area (Å²) in [6.45, 7) is 2.15. The van der Waals surface area contributed by atoms with Crippen molar-refractivity contribution in [3.63, 3.8) is 0 Å². The van der Waals surface area contributed by atoms with Crippen molar-refractivity contribution in [2.45, 2.75) is 51.9 Å². The van der Waals surface area contributed by atoms with Gasteiger partial charge in [0.15, 0.2) is 0 Å². The molecule has 1 aliphatic rings. The van der Waals surface area contributed by atoms with Crippen LogP contribution < -0.4 is 0 Å². The highest BCUT2D eigenvalue weighted by Crippen LogP contribution is 2.31. The predicted molar refractivity (Wildman–Crippen MR) is 57.3 cm³/mol. The third-order valence-electron chi connectivity index (χ3n) is 3.14. The predicted octanol–water partition coefficient (Wildman–Crippen LogP) is 3.68. The molecule has 1 atom stereocenters. The number of allylic oxidation sites excluding steroid dienone is 1. The minimum atomic E-state index is -1.40. The van der Waals surface area contributed by atoms with Crippen molar-refractivity contribution in [3.05, 3.63) is 11.4 Å². The molecule has 0 aromatic heterocycles. The van der Waals surface area contributed by atoms with Gasteiger partial charge in [-0.05, 0) is 37.2 Å². The maximum Gasteiger partial charge on any atom is 0.364 e. The number of hydrogen-bond acceptors (Lipinski definition) is 1. The van der Waals surface area contributed by atoms with E-state index in [1.54, 1.807) is 0 Å². The van der Waals surface area contributed by atoms with Crippen LogP contribution in [0.15, 0.2) is 11.4 Å². The summed E-state index contributed by atoms with van der Waals surface area (Å²) in [5, 5.41) is 8.56. The van der Waals surface area contributed by atoms with Gasteiger partial charge < -0.3 is 5.11 Å². The maximum atomic E-state index is 13.2. The minimum absolute atomic E-state index is 0.515. The first-order valence-corrected chi connectivity index (χ1v) is 5.76. The van der Waals surface area contributed by atoms with E-state index in [1.807, 2.05) is 0 Å². The standard InChI is InChI=1S/C12H19FO2/c1-2-4-9-5-3-6-10(8-7-9)11(13)12(14)15/h9H,2-8H2,1H3,(H,14,15). The molecule has 0 aliphatic heterocycles. The average molecular weight is 214 g/mol. The van der Waals surface area contributed by atoms with Crippen LogP contribution >= 0.6 is 0 Å². The van der Waals surface area contributed by atoms with Gasteiger partial charge in [-0.2, -0.15) is 4.39 Å². The SMILES string of the molecule is CCCC1CCCC(=C(F)C(=O)O)CC1. The quantitative estimate of drug-likeness (QED) is 0.575. The van der Waals surface area contributed by atoms with Crippen LogP contribution in [-0.4, -0.2) is 11.1 Å². The lowest BCUT2D eigenvalue weighted by Crippen LogP contribution is -2.00. The molecule has 3 heteroatoms. The highest BCUT2D eigenvalue weighted by atomic mass is 19.1. The van der Waals surface area contributed by atoms with E-state index in [-0.39, 0.29) is 0 Å². The lowest BCUT2D eigenvalue weighted by molar-refractivity contribution is -0.134. The molecular weight excluding hydrogens is 195 g/mol. The highest BCUT2D eigenvalue weighted by molar-refractivity contribution is 5.84. The van der Waals surface area contributed by atoms with Crippen molar-refractivity contribution in [2.24, 2.45) is 5.92 Å². The Morgan fingerprint density at radius 1 is 1.47 bits per heavy atom. The summed E-state index contributed by atoms with van der Waals surface area (Å²) in [6, 6.07) is 0. The normalized spacial score (nSPS) is 25.9. The summed E-state index contributed by atoms with van der Waals surface area (Å²) in [6.07, 6.45) is 6.59. The van der Waals surface area contributed by atoms with Gasteiger partial charge >= 0.3 is 5.97 Å². The van der Waals surface area contributed by atoms with Gasteiger partial charge in [0.1, 0.15) is 0 Å². The Balaban J connectivity index is 2.59. The number of hydrogen-bond donors (Lipinski definition) is 1. The van der Waals surface area contributed by atoms with Crippen molar-refractivity contribution in [2.75, 3.05) is 0 Å². The van der Waals surface area contributed by atoms with Gasteiger partial charge in [0.05, 0.1) is 0 Å². The number of rotatable bonds is 3. The van der Waals surface area contributed by atoms with E-state index in [2.05, 4.69) is 6.92 Å². The molecule has 1 saturated carbocycles. The van der Waals surface area contributed by atoms with Gasteiger partial charge in [-0.15, -0.1) is 0 Å². The second-order valence-corrected chi connectivity index (χ2v) is 4.31. The molecule has 0 saturated heterocycles. The number of aliphatic carboxylic acids is 1. The van der Waals surface area contributed by atoms with E-state index in [0.717, 1.165) is 25.7 Å². The van der Waals surface area contributed by atoms with E-state index in [9.17, 15) is 9.18 Å². The van der Waals surface area contributed by atoms with Gasteiger partial charge in [-0.1, -0.05) is 26.2 Å². The Kier molecular flexibility index (Phi) is 4.79. The maximum absolute atomic E-state index is 13.2. The van der Waals surface area contributed by atoms with Crippen LogP contribution in [0.4, 0.5) is 4.39 Å². The zero-order chi connectivity index (χ0) is 11.3. The van der Waals surface area contributed by atoms with Crippen LogP contribution in [-0.2, 0) is 4.79 Å². The van der Waals surface area contributed by atoms with Crippen LogP contribution in [0.2, 0.25) is 0 Å². The molecule has 1 rings (SSSR count). The first-order chi connectivity index (χ1) is 7.15. The number of carboxylic acid groups (broad SMARTS) is 1. The minimum Gasteiger partial charge on any atom is -0.476 e. The number of carboxylic acids is 1. The number of carbonyl (C=O) groups is 1. The second-order valence-electron chi connectivity index (χ2n) is 4.31. The highest BCUT2D eigenvalue weighted by Gasteiger charge is 2.19. The first kappa shape index (κ1) is 12.2. The van der Waals surface area contributed by atoms with E-state index >= 15 is 0 Å². The van der Waals surface area contributed by atoms with Gasteiger partial charge in [-0.3, -0.25) is 0 Å². The zero-order valence-corrected chi connectivity index (χ0v) is 9.26. The monoisotopic (exact) mass is 214 g/mol. The fraction of sp³-hybridized carbons (Fsp3) is 0.750. The van der Waals surface area contributed by atoms with Crippen molar-refractivity contribution < 1.29 is 14.3 Å². The molecule has 0 amide bonds. The van der Waals surface area contributed by atoms with E-state index in [0.29, 0.717) is 24.3 Å². The van der Waals surface area contributed by atoms with Gasteiger partial charge in [0, 0.05) is 0 Å². The molecule has 0 aromatic rings. The lowest BCUT2D eigenvalue weighted by atomic mass is 9.95. The second kappa shape index (κ2) is 5.89. The molecule has 0 spiro atoms. The van der Waals surface area contributed by atoms with Crippen molar-refractivity contribution in [1.29, 1.82) is 0 Å². The molecule has 0 heterocycles. The van der Waals surface area contributed by atoms with Crippen molar-refractivity contribution in [3.8, 4) is 0 Å². The number of halogens is 1. The Labute approximate surface area is 90.2 Å². The topological polar surface area (TPSA) is 37.3 Å². The van der Waals surface area contributed by atoms with Crippen LogP contribution in [0, 0.1) is 5.92 Å². The Bertz CT molecular complexity index is 258. The van der Waals surface area contributed by atoms with Crippen LogP contribution in [0.25, 0.3) is 0 Å². The Morgan fingerprint density at radius 2 is 2.20 bits per heavy atom. The fourth-order valence-electron chi connectivity index (χ4n) is 2.32. The molecule has 0 bridgehead atoms.